The molecule has 3 aromatic carbocycles. The molecule has 0 spiro atoms. The van der Waals surface area contributed by atoms with E-state index in [2.05, 4.69) is 82.4 Å². The van der Waals surface area contributed by atoms with Crippen molar-refractivity contribution in [3.8, 4) is 11.3 Å². The number of hydrogen-bond donors (Lipinski definition) is 0. The number of aromatic nitrogens is 4. The zero-order valence-corrected chi connectivity index (χ0v) is 16.6. The fraction of sp³-hybridized carbons (Fsp3) is 0.120. The van der Waals surface area contributed by atoms with Crippen LogP contribution in [0, 0.1) is 13.8 Å². The van der Waals surface area contributed by atoms with Gasteiger partial charge >= 0.3 is 0 Å². The molecule has 0 atom stereocenters. The van der Waals surface area contributed by atoms with E-state index in [1.54, 1.807) is 0 Å². The third-order valence-electron chi connectivity index (χ3n) is 6.04. The van der Waals surface area contributed by atoms with E-state index in [4.69, 9.17) is 4.98 Å². The van der Waals surface area contributed by atoms with Crippen molar-refractivity contribution in [1.29, 1.82) is 0 Å². The van der Waals surface area contributed by atoms with Crippen LogP contribution in [0.1, 0.15) is 11.1 Å². The minimum Gasteiger partial charge on any atom is -0.334 e. The summed E-state index contributed by atoms with van der Waals surface area (Å²) in [5.41, 5.74) is 9.18. The summed E-state index contributed by atoms with van der Waals surface area (Å²) in [6.07, 6.45) is 3.90. The number of fused-ring (bicyclic) bond motifs is 7. The number of imidazole rings is 2. The highest BCUT2D eigenvalue weighted by Gasteiger charge is 2.17. The lowest BCUT2D eigenvalue weighted by Crippen LogP contribution is -1.97. The maximum absolute atomic E-state index is 4.89. The van der Waals surface area contributed by atoms with Crippen LogP contribution < -0.4 is 0 Å². The lowest BCUT2D eigenvalue weighted by Gasteiger charge is -2.14. The molecule has 3 aromatic heterocycles. The molecule has 29 heavy (non-hydrogen) atoms. The molecule has 0 unspecified atom stereocenters. The summed E-state index contributed by atoms with van der Waals surface area (Å²) in [4.78, 5) is 9.48. The molecule has 0 saturated carbocycles. The van der Waals surface area contributed by atoms with Gasteiger partial charge in [-0.15, -0.1) is 0 Å². The Morgan fingerprint density at radius 2 is 1.52 bits per heavy atom. The number of pyridine rings is 1. The second-order valence-corrected chi connectivity index (χ2v) is 7.83. The normalized spacial score (nSPS) is 12.0. The summed E-state index contributed by atoms with van der Waals surface area (Å²) in [7, 11) is 2.04. The van der Waals surface area contributed by atoms with Gasteiger partial charge in [0, 0.05) is 23.4 Å². The lowest BCUT2D eigenvalue weighted by molar-refractivity contribution is 0.948. The van der Waals surface area contributed by atoms with E-state index < -0.39 is 0 Å². The maximum Gasteiger partial charge on any atom is 0.145 e. The molecule has 4 nitrogen and oxygen atoms in total. The molecule has 0 aliphatic rings. The van der Waals surface area contributed by atoms with Crippen LogP contribution in [-0.2, 0) is 7.05 Å². The molecule has 0 radical (unpaired) electrons. The Bertz CT molecular complexity index is 1560. The summed E-state index contributed by atoms with van der Waals surface area (Å²) < 4.78 is 4.39. The predicted octanol–water partition coefficient (Wildman–Crippen LogP) is 5.81. The van der Waals surface area contributed by atoms with E-state index in [9.17, 15) is 0 Å². The zero-order valence-electron chi connectivity index (χ0n) is 16.6. The Hall–Kier alpha value is -3.66. The van der Waals surface area contributed by atoms with Gasteiger partial charge in [-0.2, -0.15) is 0 Å². The lowest BCUT2D eigenvalue weighted by atomic mass is 10.00. The van der Waals surface area contributed by atoms with Crippen LogP contribution in [-0.4, -0.2) is 18.9 Å². The molecule has 6 aromatic rings. The third-order valence-corrected chi connectivity index (χ3v) is 6.04. The highest BCUT2D eigenvalue weighted by Crippen LogP contribution is 2.36. The minimum absolute atomic E-state index is 0.993. The smallest absolute Gasteiger partial charge is 0.145 e. The summed E-state index contributed by atoms with van der Waals surface area (Å²) in [6, 6.07) is 19.4. The third kappa shape index (κ3) is 2.14. The topological polar surface area (TPSA) is 35.1 Å². The first-order valence-corrected chi connectivity index (χ1v) is 9.83. The molecular weight excluding hydrogens is 356 g/mol. The summed E-state index contributed by atoms with van der Waals surface area (Å²) >= 11 is 0. The number of aryl methyl sites for hydroxylation is 3. The van der Waals surface area contributed by atoms with Crippen LogP contribution in [0.4, 0.5) is 0 Å². The average molecular weight is 376 g/mol. The van der Waals surface area contributed by atoms with Gasteiger partial charge in [0.1, 0.15) is 5.65 Å². The first-order valence-electron chi connectivity index (χ1n) is 9.83. The van der Waals surface area contributed by atoms with Gasteiger partial charge in [0.2, 0.25) is 0 Å². The molecule has 0 fully saturated rings. The number of benzene rings is 3. The number of nitrogens with zero attached hydrogens (tertiary/aromatic N) is 4. The van der Waals surface area contributed by atoms with Crippen molar-refractivity contribution >= 4 is 38.4 Å². The van der Waals surface area contributed by atoms with Gasteiger partial charge in [0.15, 0.2) is 0 Å². The molecule has 0 amide bonds. The molecule has 0 aliphatic carbocycles. The summed E-state index contributed by atoms with van der Waals surface area (Å²) in [6.45, 7) is 4.34. The Kier molecular flexibility index (Phi) is 3.19. The molecule has 0 N–H and O–H groups in total. The average Bonchev–Trinajstić information content (AvgIpc) is 3.31. The summed E-state index contributed by atoms with van der Waals surface area (Å²) in [5, 5.41) is 3.57. The van der Waals surface area contributed by atoms with Crippen molar-refractivity contribution in [2.45, 2.75) is 13.8 Å². The number of hydrogen-bond acceptors (Lipinski definition) is 2. The zero-order chi connectivity index (χ0) is 19.7. The maximum atomic E-state index is 4.89. The van der Waals surface area contributed by atoms with Crippen LogP contribution in [0.25, 0.3) is 49.6 Å². The number of rotatable bonds is 1. The second-order valence-electron chi connectivity index (χ2n) is 7.83. The molecule has 0 saturated heterocycles. The van der Waals surface area contributed by atoms with E-state index in [-0.39, 0.29) is 0 Å². The molecule has 0 bridgehead atoms. The molecular formula is C25H20N4. The van der Waals surface area contributed by atoms with Crippen LogP contribution in [0.2, 0.25) is 0 Å². The SMILES string of the molecule is Cc1cccc(C)c1-c1cnc2c3ccccc3c3cc4ncn(C)c4cc3n12. The standard InChI is InChI=1S/C25H20N4/c1-15-7-6-8-16(2)24(15)23-13-26-25-18-10-5-4-9-17(18)19-11-20-22(28(3)14-27-20)12-21(19)29(23)25/h4-14H,1-3H3. The van der Waals surface area contributed by atoms with Crippen LogP contribution in [0.15, 0.2) is 67.1 Å². The fourth-order valence-corrected chi connectivity index (χ4v) is 4.66. The quantitative estimate of drug-likeness (QED) is 0.339. The van der Waals surface area contributed by atoms with Crippen molar-refractivity contribution in [3.05, 3.63) is 78.2 Å². The molecule has 6 rings (SSSR count). The van der Waals surface area contributed by atoms with Gasteiger partial charge in [0.05, 0.1) is 34.8 Å². The first kappa shape index (κ1) is 16.3. The van der Waals surface area contributed by atoms with E-state index in [0.717, 1.165) is 33.3 Å². The molecule has 0 aliphatic heterocycles. The van der Waals surface area contributed by atoms with Gasteiger partial charge in [-0.05, 0) is 42.5 Å². The van der Waals surface area contributed by atoms with E-state index in [0.29, 0.717) is 0 Å². The Morgan fingerprint density at radius 1 is 0.759 bits per heavy atom. The minimum atomic E-state index is 0.993. The van der Waals surface area contributed by atoms with Crippen molar-refractivity contribution in [3.63, 3.8) is 0 Å². The fourth-order valence-electron chi connectivity index (χ4n) is 4.66. The van der Waals surface area contributed by atoms with Crippen molar-refractivity contribution in [1.82, 2.24) is 18.9 Å². The van der Waals surface area contributed by atoms with E-state index >= 15 is 0 Å². The highest BCUT2D eigenvalue weighted by molar-refractivity contribution is 6.15. The molecule has 140 valence electrons. The van der Waals surface area contributed by atoms with E-state index in [1.165, 1.54) is 27.5 Å². The Balaban J connectivity index is 1.91. The van der Waals surface area contributed by atoms with Crippen molar-refractivity contribution in [2.75, 3.05) is 0 Å². The monoisotopic (exact) mass is 376 g/mol. The van der Waals surface area contributed by atoms with Gasteiger partial charge < -0.3 is 4.57 Å². The molecule has 3 heterocycles. The van der Waals surface area contributed by atoms with Gasteiger partial charge in [0.25, 0.3) is 0 Å². The Morgan fingerprint density at radius 3 is 2.31 bits per heavy atom. The van der Waals surface area contributed by atoms with Gasteiger partial charge in [-0.25, -0.2) is 9.97 Å². The van der Waals surface area contributed by atoms with Crippen LogP contribution >= 0.6 is 0 Å². The predicted molar refractivity (Wildman–Crippen MR) is 119 cm³/mol. The van der Waals surface area contributed by atoms with Gasteiger partial charge in [-0.3, -0.25) is 4.40 Å². The first-order chi connectivity index (χ1) is 14.1. The summed E-state index contributed by atoms with van der Waals surface area (Å²) in [5.74, 6) is 0. The van der Waals surface area contributed by atoms with Crippen LogP contribution in [0.3, 0.4) is 0 Å². The Labute approximate surface area is 168 Å². The second kappa shape index (κ2) is 5.67. The van der Waals surface area contributed by atoms with Gasteiger partial charge in [-0.1, -0.05) is 42.5 Å². The van der Waals surface area contributed by atoms with Crippen molar-refractivity contribution in [2.24, 2.45) is 7.05 Å². The van der Waals surface area contributed by atoms with Crippen LogP contribution in [0.5, 0.6) is 0 Å². The van der Waals surface area contributed by atoms with Crippen molar-refractivity contribution < 1.29 is 0 Å². The van der Waals surface area contributed by atoms with E-state index in [1.807, 2.05) is 19.6 Å². The largest absolute Gasteiger partial charge is 0.334 e. The highest BCUT2D eigenvalue weighted by atomic mass is 15.0. The molecule has 4 heteroatoms.